The maximum Gasteiger partial charge on any atom is 0.331 e. The molecule has 3 rings (SSSR count). The molecular formula is C21H21N3O4. The third kappa shape index (κ3) is 3.88. The van der Waals surface area contributed by atoms with Crippen LogP contribution in [0.2, 0.25) is 0 Å². The first kappa shape index (κ1) is 19.2. The monoisotopic (exact) mass is 379 g/mol. The summed E-state index contributed by atoms with van der Waals surface area (Å²) in [5.41, 5.74) is 0.115. The van der Waals surface area contributed by atoms with Crippen LogP contribution in [0.25, 0.3) is 10.9 Å². The summed E-state index contributed by atoms with van der Waals surface area (Å²) >= 11 is 0. The second kappa shape index (κ2) is 8.39. The SMILES string of the molecule is C=CCOc1cccc(NC(=O)Cn2c(=O)n(CC)c(=O)c3ccccc32)c1. The van der Waals surface area contributed by atoms with Gasteiger partial charge in [0.1, 0.15) is 18.9 Å². The fraction of sp³-hybridized carbons (Fsp3) is 0.190. The first-order valence-corrected chi connectivity index (χ1v) is 8.91. The topological polar surface area (TPSA) is 82.3 Å². The molecule has 2 aromatic carbocycles. The number of carbonyl (C=O) groups is 1. The maximum atomic E-state index is 12.7. The summed E-state index contributed by atoms with van der Waals surface area (Å²) in [5.74, 6) is 0.217. The van der Waals surface area contributed by atoms with Crippen LogP contribution in [0.15, 0.2) is 70.8 Å². The number of aromatic nitrogens is 2. The highest BCUT2D eigenvalue weighted by Gasteiger charge is 2.14. The molecule has 3 aromatic rings. The summed E-state index contributed by atoms with van der Waals surface area (Å²) in [6.45, 7) is 5.69. The second-order valence-corrected chi connectivity index (χ2v) is 6.11. The molecule has 28 heavy (non-hydrogen) atoms. The Morgan fingerprint density at radius 1 is 1.14 bits per heavy atom. The molecule has 0 bridgehead atoms. The van der Waals surface area contributed by atoms with Crippen molar-refractivity contribution in [3.8, 4) is 5.75 Å². The number of rotatable bonds is 7. The van der Waals surface area contributed by atoms with Crippen molar-refractivity contribution in [3.63, 3.8) is 0 Å². The molecular weight excluding hydrogens is 358 g/mol. The van der Waals surface area contributed by atoms with E-state index in [1.54, 1.807) is 61.5 Å². The van der Waals surface area contributed by atoms with Crippen LogP contribution < -0.4 is 21.3 Å². The van der Waals surface area contributed by atoms with E-state index in [9.17, 15) is 14.4 Å². The Morgan fingerprint density at radius 3 is 2.68 bits per heavy atom. The van der Waals surface area contributed by atoms with E-state index in [1.807, 2.05) is 0 Å². The van der Waals surface area contributed by atoms with Gasteiger partial charge in [0.25, 0.3) is 5.56 Å². The number of anilines is 1. The summed E-state index contributed by atoms with van der Waals surface area (Å²) in [4.78, 5) is 37.7. The minimum atomic E-state index is -0.510. The number of nitrogens with zero attached hydrogens (tertiary/aromatic N) is 2. The van der Waals surface area contributed by atoms with Crippen molar-refractivity contribution in [2.45, 2.75) is 20.0 Å². The number of hydrogen-bond acceptors (Lipinski definition) is 4. The van der Waals surface area contributed by atoms with Crippen molar-refractivity contribution in [1.82, 2.24) is 9.13 Å². The standard InChI is InChI=1S/C21H21N3O4/c1-3-12-28-16-9-7-8-15(13-16)22-19(25)14-24-18-11-6-5-10-17(18)20(26)23(4-2)21(24)27/h3,5-11,13H,1,4,12,14H2,2H3,(H,22,25). The molecule has 1 heterocycles. The maximum absolute atomic E-state index is 12.7. The van der Waals surface area contributed by atoms with Gasteiger partial charge in [0.2, 0.25) is 5.91 Å². The lowest BCUT2D eigenvalue weighted by atomic mass is 10.2. The van der Waals surface area contributed by atoms with E-state index in [1.165, 1.54) is 4.57 Å². The van der Waals surface area contributed by atoms with Crippen LogP contribution in [-0.2, 0) is 17.9 Å². The van der Waals surface area contributed by atoms with Crippen LogP contribution in [0.5, 0.6) is 5.75 Å². The van der Waals surface area contributed by atoms with Gasteiger partial charge in [0, 0.05) is 18.3 Å². The van der Waals surface area contributed by atoms with Gasteiger partial charge in [-0.25, -0.2) is 4.79 Å². The normalized spacial score (nSPS) is 10.6. The summed E-state index contributed by atoms with van der Waals surface area (Å²) in [6.07, 6.45) is 1.63. The smallest absolute Gasteiger partial charge is 0.331 e. The Bertz CT molecular complexity index is 1140. The molecule has 7 heteroatoms. The number of benzene rings is 2. The highest BCUT2D eigenvalue weighted by molar-refractivity contribution is 5.91. The lowest BCUT2D eigenvalue weighted by Crippen LogP contribution is -2.41. The molecule has 0 saturated carbocycles. The van der Waals surface area contributed by atoms with Gasteiger partial charge in [-0.3, -0.25) is 18.7 Å². The molecule has 0 aliphatic carbocycles. The van der Waals surface area contributed by atoms with Gasteiger partial charge in [-0.1, -0.05) is 30.9 Å². The van der Waals surface area contributed by atoms with Gasteiger partial charge in [0.05, 0.1) is 10.9 Å². The number of amides is 1. The van der Waals surface area contributed by atoms with Gasteiger partial charge in [-0.05, 0) is 31.2 Å². The van der Waals surface area contributed by atoms with E-state index in [0.29, 0.717) is 28.9 Å². The minimum absolute atomic E-state index is 0.211. The molecule has 0 aliphatic rings. The average molecular weight is 379 g/mol. The highest BCUT2D eigenvalue weighted by Crippen LogP contribution is 2.17. The number of nitrogens with one attached hydrogen (secondary N) is 1. The van der Waals surface area contributed by atoms with E-state index in [-0.39, 0.29) is 24.6 Å². The van der Waals surface area contributed by atoms with Gasteiger partial charge < -0.3 is 10.1 Å². The minimum Gasteiger partial charge on any atom is -0.489 e. The Balaban J connectivity index is 1.91. The number of para-hydroxylation sites is 1. The van der Waals surface area contributed by atoms with Crippen LogP contribution in [0, 0.1) is 0 Å². The van der Waals surface area contributed by atoms with Crippen molar-refractivity contribution in [2.75, 3.05) is 11.9 Å². The van der Waals surface area contributed by atoms with Crippen LogP contribution >= 0.6 is 0 Å². The number of carbonyl (C=O) groups excluding carboxylic acids is 1. The molecule has 0 saturated heterocycles. The number of ether oxygens (including phenoxy) is 1. The van der Waals surface area contributed by atoms with Crippen molar-refractivity contribution in [1.29, 1.82) is 0 Å². The first-order valence-electron chi connectivity index (χ1n) is 8.91. The van der Waals surface area contributed by atoms with Crippen LogP contribution in [0.3, 0.4) is 0 Å². The molecule has 1 amide bonds. The second-order valence-electron chi connectivity index (χ2n) is 6.11. The van der Waals surface area contributed by atoms with Crippen LogP contribution in [0.4, 0.5) is 5.69 Å². The van der Waals surface area contributed by atoms with E-state index in [2.05, 4.69) is 11.9 Å². The van der Waals surface area contributed by atoms with Crippen molar-refractivity contribution >= 4 is 22.5 Å². The number of hydrogen-bond donors (Lipinski definition) is 1. The van der Waals surface area contributed by atoms with Gasteiger partial charge in [0.15, 0.2) is 0 Å². The summed E-state index contributed by atoms with van der Waals surface area (Å²) < 4.78 is 7.89. The summed E-state index contributed by atoms with van der Waals surface area (Å²) in [5, 5.41) is 3.16. The molecule has 0 spiro atoms. The fourth-order valence-corrected chi connectivity index (χ4v) is 2.97. The third-order valence-electron chi connectivity index (χ3n) is 4.24. The van der Waals surface area contributed by atoms with Crippen molar-refractivity contribution < 1.29 is 9.53 Å². The van der Waals surface area contributed by atoms with Crippen LogP contribution in [0.1, 0.15) is 6.92 Å². The molecule has 0 atom stereocenters. The van der Waals surface area contributed by atoms with E-state index >= 15 is 0 Å². The Kier molecular flexibility index (Phi) is 5.74. The molecule has 1 N–H and O–H groups in total. The molecule has 0 aliphatic heterocycles. The Hall–Kier alpha value is -3.61. The van der Waals surface area contributed by atoms with Crippen LogP contribution in [-0.4, -0.2) is 21.6 Å². The zero-order chi connectivity index (χ0) is 20.1. The van der Waals surface area contributed by atoms with Gasteiger partial charge in [-0.15, -0.1) is 0 Å². The molecule has 1 aromatic heterocycles. The summed E-state index contributed by atoms with van der Waals surface area (Å²) in [6, 6.07) is 13.7. The third-order valence-corrected chi connectivity index (χ3v) is 4.24. The lowest BCUT2D eigenvalue weighted by molar-refractivity contribution is -0.116. The van der Waals surface area contributed by atoms with E-state index < -0.39 is 5.69 Å². The zero-order valence-corrected chi connectivity index (χ0v) is 15.6. The molecule has 0 fully saturated rings. The quantitative estimate of drug-likeness (QED) is 0.639. The van der Waals surface area contributed by atoms with Crippen molar-refractivity contribution in [2.24, 2.45) is 0 Å². The summed E-state index contributed by atoms with van der Waals surface area (Å²) in [7, 11) is 0. The van der Waals surface area contributed by atoms with E-state index in [4.69, 9.17) is 4.74 Å². The molecule has 0 unspecified atom stereocenters. The Morgan fingerprint density at radius 2 is 1.93 bits per heavy atom. The average Bonchev–Trinajstić information content (AvgIpc) is 2.70. The van der Waals surface area contributed by atoms with Crippen molar-refractivity contribution in [3.05, 3.63) is 82.0 Å². The predicted octanol–water partition coefficient (Wildman–Crippen LogP) is 2.39. The Labute approximate surface area is 161 Å². The fourth-order valence-electron chi connectivity index (χ4n) is 2.97. The largest absolute Gasteiger partial charge is 0.489 e. The molecule has 144 valence electrons. The predicted molar refractivity (Wildman–Crippen MR) is 109 cm³/mol. The van der Waals surface area contributed by atoms with Gasteiger partial charge in [-0.2, -0.15) is 0 Å². The van der Waals surface area contributed by atoms with E-state index in [0.717, 1.165) is 4.57 Å². The number of fused-ring (bicyclic) bond motifs is 1. The molecule has 7 nitrogen and oxygen atoms in total. The van der Waals surface area contributed by atoms with Gasteiger partial charge >= 0.3 is 5.69 Å². The first-order chi connectivity index (χ1) is 13.5. The lowest BCUT2D eigenvalue weighted by Gasteiger charge is -2.13. The molecule has 0 radical (unpaired) electrons. The highest BCUT2D eigenvalue weighted by atomic mass is 16.5. The zero-order valence-electron chi connectivity index (χ0n) is 15.6.